The maximum Gasteiger partial charge on any atom is 0.0896 e. The van der Waals surface area contributed by atoms with Crippen LogP contribution in [0.5, 0.6) is 0 Å². The van der Waals surface area contributed by atoms with Gasteiger partial charge in [-0.3, -0.25) is 4.68 Å². The average Bonchev–Trinajstić information content (AvgIpc) is 3.30. The van der Waals surface area contributed by atoms with Gasteiger partial charge in [-0.15, -0.1) is 0 Å². The van der Waals surface area contributed by atoms with Gasteiger partial charge in [-0.25, -0.2) is 0 Å². The second-order valence-electron chi connectivity index (χ2n) is 7.02. The van der Waals surface area contributed by atoms with Gasteiger partial charge in [0.2, 0.25) is 0 Å². The van der Waals surface area contributed by atoms with Crippen molar-refractivity contribution in [1.29, 1.82) is 0 Å². The lowest BCUT2D eigenvalue weighted by atomic mass is 9.97. The van der Waals surface area contributed by atoms with E-state index in [2.05, 4.69) is 52.8 Å². The quantitative estimate of drug-likeness (QED) is 0.679. The molecule has 0 aliphatic carbocycles. The number of benzene rings is 1. The molecule has 0 bridgehead atoms. The average molecular weight is 338 g/mol. The van der Waals surface area contributed by atoms with Crippen LogP contribution < -0.4 is 5.32 Å². The first-order valence-corrected chi connectivity index (χ1v) is 9.09. The molecule has 1 fully saturated rings. The lowest BCUT2D eigenvalue weighted by Gasteiger charge is -2.17. The fourth-order valence-corrected chi connectivity index (χ4v) is 3.96. The van der Waals surface area contributed by atoms with Gasteiger partial charge < -0.3 is 15.0 Å². The highest BCUT2D eigenvalue weighted by Gasteiger charge is 2.30. The maximum atomic E-state index is 5.95. The molecule has 1 aromatic carbocycles. The summed E-state index contributed by atoms with van der Waals surface area (Å²) in [6.07, 6.45) is 6.33. The Labute approximate surface area is 148 Å². The van der Waals surface area contributed by atoms with E-state index in [4.69, 9.17) is 4.74 Å². The van der Waals surface area contributed by atoms with Crippen molar-refractivity contribution in [3.8, 4) is 0 Å². The van der Waals surface area contributed by atoms with E-state index in [1.54, 1.807) is 0 Å². The van der Waals surface area contributed by atoms with Crippen LogP contribution in [0.15, 0.2) is 36.7 Å². The van der Waals surface area contributed by atoms with E-state index >= 15 is 0 Å². The fourth-order valence-electron chi connectivity index (χ4n) is 3.96. The molecule has 3 aromatic rings. The lowest BCUT2D eigenvalue weighted by Crippen LogP contribution is -2.26. The highest BCUT2D eigenvalue weighted by atomic mass is 16.5. The monoisotopic (exact) mass is 338 g/mol. The van der Waals surface area contributed by atoms with E-state index in [1.165, 1.54) is 27.7 Å². The number of hydrogen-bond acceptors (Lipinski definition) is 3. The van der Waals surface area contributed by atoms with Gasteiger partial charge in [-0.2, -0.15) is 5.10 Å². The molecule has 25 heavy (non-hydrogen) atoms. The molecule has 1 saturated heterocycles. The molecule has 0 radical (unpaired) electrons. The number of para-hydroxylation sites is 1. The molecule has 2 N–H and O–H groups in total. The number of aromatic amines is 1. The Hall–Kier alpha value is -2.11. The summed E-state index contributed by atoms with van der Waals surface area (Å²) in [7, 11) is 1.95. The summed E-state index contributed by atoms with van der Waals surface area (Å²) in [6, 6.07) is 8.55. The van der Waals surface area contributed by atoms with E-state index in [0.29, 0.717) is 5.92 Å². The Morgan fingerprint density at radius 1 is 1.36 bits per heavy atom. The third kappa shape index (κ3) is 3.34. The molecule has 2 aromatic heterocycles. The van der Waals surface area contributed by atoms with Crippen LogP contribution in [0.1, 0.15) is 29.3 Å². The molecule has 5 heteroatoms. The predicted octanol–water partition coefficient (Wildman–Crippen LogP) is 3.12. The molecular weight excluding hydrogens is 312 g/mol. The largest absolute Gasteiger partial charge is 0.373 e. The zero-order chi connectivity index (χ0) is 17.2. The normalized spacial score (nSPS) is 20.6. The van der Waals surface area contributed by atoms with Crippen molar-refractivity contribution in [3.63, 3.8) is 0 Å². The molecule has 0 saturated carbocycles. The van der Waals surface area contributed by atoms with E-state index in [1.807, 2.05) is 17.9 Å². The summed E-state index contributed by atoms with van der Waals surface area (Å²) in [6.45, 7) is 4.98. The van der Waals surface area contributed by atoms with Crippen LogP contribution in [0.2, 0.25) is 0 Å². The van der Waals surface area contributed by atoms with Crippen molar-refractivity contribution < 1.29 is 4.74 Å². The first-order valence-electron chi connectivity index (χ1n) is 9.09. The van der Waals surface area contributed by atoms with Gasteiger partial charge in [0.05, 0.1) is 12.3 Å². The first kappa shape index (κ1) is 16.4. The molecule has 0 unspecified atom stereocenters. The van der Waals surface area contributed by atoms with Crippen LogP contribution in [0.3, 0.4) is 0 Å². The molecule has 4 rings (SSSR count). The van der Waals surface area contributed by atoms with Crippen LogP contribution in [0, 0.1) is 12.8 Å². The Morgan fingerprint density at radius 3 is 3.08 bits per heavy atom. The van der Waals surface area contributed by atoms with Crippen molar-refractivity contribution in [3.05, 3.63) is 53.5 Å². The summed E-state index contributed by atoms with van der Waals surface area (Å²) in [5.74, 6) is 0.522. The van der Waals surface area contributed by atoms with Gasteiger partial charge in [0, 0.05) is 54.5 Å². The van der Waals surface area contributed by atoms with Crippen molar-refractivity contribution in [2.75, 3.05) is 19.7 Å². The standard InChI is InChI=1S/C20H26N4O/c1-14-17(18-5-3-4-6-19(18)23-14)7-9-21-11-15-8-10-25-20(15)16-12-22-24(2)13-16/h3-6,12-13,15,20-21,23H,7-11H2,1-2H3/t15-,20+/m1/s1. The maximum absolute atomic E-state index is 5.95. The zero-order valence-electron chi connectivity index (χ0n) is 15.0. The topological polar surface area (TPSA) is 54.9 Å². The Kier molecular flexibility index (Phi) is 4.59. The molecule has 1 aliphatic rings. The lowest BCUT2D eigenvalue weighted by molar-refractivity contribution is 0.0905. The molecule has 5 nitrogen and oxygen atoms in total. The number of ether oxygens (including phenoxy) is 1. The van der Waals surface area contributed by atoms with Crippen LogP contribution >= 0.6 is 0 Å². The third-order valence-corrected chi connectivity index (χ3v) is 5.25. The minimum absolute atomic E-state index is 0.177. The molecule has 2 atom stereocenters. The Balaban J connectivity index is 1.34. The van der Waals surface area contributed by atoms with Crippen molar-refractivity contribution in [2.24, 2.45) is 13.0 Å². The van der Waals surface area contributed by atoms with Gasteiger partial charge in [0.15, 0.2) is 0 Å². The number of nitrogens with zero attached hydrogens (tertiary/aromatic N) is 2. The fraction of sp³-hybridized carbons (Fsp3) is 0.450. The van der Waals surface area contributed by atoms with E-state index in [-0.39, 0.29) is 6.10 Å². The van der Waals surface area contributed by atoms with E-state index in [9.17, 15) is 0 Å². The Bertz CT molecular complexity index is 850. The molecule has 0 spiro atoms. The number of aryl methyl sites for hydroxylation is 2. The predicted molar refractivity (Wildman–Crippen MR) is 99.6 cm³/mol. The summed E-state index contributed by atoms with van der Waals surface area (Å²) >= 11 is 0. The van der Waals surface area contributed by atoms with Gasteiger partial charge in [-0.05, 0) is 37.9 Å². The minimum atomic E-state index is 0.177. The summed E-state index contributed by atoms with van der Waals surface area (Å²) in [4.78, 5) is 3.48. The van der Waals surface area contributed by atoms with E-state index in [0.717, 1.165) is 32.5 Å². The van der Waals surface area contributed by atoms with Crippen LogP contribution in [-0.2, 0) is 18.2 Å². The number of hydrogen-bond donors (Lipinski definition) is 2. The van der Waals surface area contributed by atoms with Crippen molar-refractivity contribution in [1.82, 2.24) is 20.1 Å². The summed E-state index contributed by atoms with van der Waals surface area (Å²) in [5, 5.41) is 9.27. The summed E-state index contributed by atoms with van der Waals surface area (Å²) in [5.41, 5.74) is 5.13. The SMILES string of the molecule is Cc1[nH]c2ccccc2c1CCNC[C@H]1CCO[C@@H]1c1cnn(C)c1. The third-order valence-electron chi connectivity index (χ3n) is 5.25. The summed E-state index contributed by atoms with van der Waals surface area (Å²) < 4.78 is 7.79. The molecule has 132 valence electrons. The smallest absolute Gasteiger partial charge is 0.0896 e. The number of rotatable bonds is 6. The van der Waals surface area contributed by atoms with Gasteiger partial charge >= 0.3 is 0 Å². The van der Waals surface area contributed by atoms with Gasteiger partial charge in [0.25, 0.3) is 0 Å². The van der Waals surface area contributed by atoms with Crippen molar-refractivity contribution >= 4 is 10.9 Å². The second-order valence-corrected chi connectivity index (χ2v) is 7.02. The Morgan fingerprint density at radius 2 is 2.24 bits per heavy atom. The second kappa shape index (κ2) is 7.02. The number of fused-ring (bicyclic) bond motifs is 1. The number of H-pyrrole nitrogens is 1. The van der Waals surface area contributed by atoms with Gasteiger partial charge in [-0.1, -0.05) is 18.2 Å². The number of aromatic nitrogens is 3. The first-order chi connectivity index (χ1) is 12.2. The molecular formula is C20H26N4O. The van der Waals surface area contributed by atoms with E-state index < -0.39 is 0 Å². The number of nitrogens with one attached hydrogen (secondary N) is 2. The highest BCUT2D eigenvalue weighted by molar-refractivity contribution is 5.84. The van der Waals surface area contributed by atoms with Crippen LogP contribution in [0.4, 0.5) is 0 Å². The molecule has 0 amide bonds. The van der Waals surface area contributed by atoms with Gasteiger partial charge in [0.1, 0.15) is 0 Å². The molecule has 1 aliphatic heterocycles. The zero-order valence-corrected chi connectivity index (χ0v) is 15.0. The van der Waals surface area contributed by atoms with Crippen molar-refractivity contribution in [2.45, 2.75) is 25.9 Å². The minimum Gasteiger partial charge on any atom is -0.373 e. The van der Waals surface area contributed by atoms with Crippen LogP contribution in [0.25, 0.3) is 10.9 Å². The van der Waals surface area contributed by atoms with Crippen LogP contribution in [-0.4, -0.2) is 34.5 Å². The highest BCUT2D eigenvalue weighted by Crippen LogP contribution is 2.33. The molecule has 3 heterocycles.